The van der Waals surface area contributed by atoms with E-state index in [-0.39, 0.29) is 5.78 Å². The van der Waals surface area contributed by atoms with Gasteiger partial charge in [0, 0.05) is 6.42 Å². The maximum absolute atomic E-state index is 10.2. The molecule has 0 aliphatic carbocycles. The molecule has 1 aliphatic rings. The first-order valence-electron chi connectivity index (χ1n) is 2.12. The van der Waals surface area contributed by atoms with Gasteiger partial charge >= 0.3 is 0 Å². The normalized spacial score (nSPS) is 19.1. The third kappa shape index (κ3) is 1.03. The third-order valence-corrected chi connectivity index (χ3v) is 0.750. The lowest BCUT2D eigenvalue weighted by Crippen LogP contribution is -2.03. The number of allylic oxidation sites excluding steroid dienone is 1. The molecular formula is C5H5O2. The van der Waals surface area contributed by atoms with Gasteiger partial charge in [-0.2, -0.15) is 0 Å². The number of Topliss-reactive ketones (excluding diaryl/α,β-unsaturated/α-hetero) is 1. The van der Waals surface area contributed by atoms with E-state index in [0.717, 1.165) is 0 Å². The Balaban J connectivity index is 2.51. The molecule has 0 unspecified atom stereocenters. The zero-order valence-corrected chi connectivity index (χ0v) is 3.81. The standard InChI is InChI=1S/C5H5O2/c6-5-1-3-7-4-2-5/h4H,1,3H2. The molecule has 2 nitrogen and oxygen atoms in total. The van der Waals surface area contributed by atoms with Gasteiger partial charge in [-0.05, 0) is 0 Å². The summed E-state index contributed by atoms with van der Waals surface area (Å²) in [5, 5.41) is 0. The first-order chi connectivity index (χ1) is 3.39. The molecule has 0 saturated carbocycles. The predicted octanol–water partition coefficient (Wildman–Crippen LogP) is 0.293. The maximum atomic E-state index is 10.2. The van der Waals surface area contributed by atoms with Crippen LogP contribution < -0.4 is 0 Å². The smallest absolute Gasteiger partial charge is 0.170 e. The number of ether oxygens (including phenoxy) is 1. The molecule has 0 aromatic rings. The summed E-state index contributed by atoms with van der Waals surface area (Å²) in [6.45, 7) is 0.520. The molecule has 0 atom stereocenters. The fourth-order valence-electron chi connectivity index (χ4n) is 0.390. The summed E-state index contributed by atoms with van der Waals surface area (Å²) in [6, 6.07) is 0. The molecule has 0 spiro atoms. The monoisotopic (exact) mass is 97.0 g/mol. The van der Waals surface area contributed by atoms with E-state index in [1.165, 1.54) is 6.26 Å². The van der Waals surface area contributed by atoms with Crippen molar-refractivity contribution < 1.29 is 9.53 Å². The lowest BCUT2D eigenvalue weighted by Gasteiger charge is -2.00. The van der Waals surface area contributed by atoms with Crippen LogP contribution in [0.15, 0.2) is 6.26 Å². The molecule has 0 aromatic heterocycles. The molecular weight excluding hydrogens is 92.1 g/mol. The first-order valence-corrected chi connectivity index (χ1v) is 2.12. The van der Waals surface area contributed by atoms with Crippen molar-refractivity contribution in [1.29, 1.82) is 0 Å². The minimum absolute atomic E-state index is 0.0336. The van der Waals surface area contributed by atoms with Gasteiger partial charge < -0.3 is 4.74 Å². The predicted molar refractivity (Wildman–Crippen MR) is 23.4 cm³/mol. The van der Waals surface area contributed by atoms with Crippen LogP contribution in [0.5, 0.6) is 0 Å². The van der Waals surface area contributed by atoms with Crippen LogP contribution in [0.3, 0.4) is 0 Å². The molecule has 1 aliphatic heterocycles. The van der Waals surface area contributed by atoms with Crippen LogP contribution in [0.2, 0.25) is 0 Å². The van der Waals surface area contributed by atoms with Crippen LogP contribution in [0.1, 0.15) is 6.42 Å². The lowest BCUT2D eigenvalue weighted by atomic mass is 10.3. The Bertz CT molecular complexity index is 105. The van der Waals surface area contributed by atoms with Crippen molar-refractivity contribution >= 4 is 5.78 Å². The molecule has 0 N–H and O–H groups in total. The van der Waals surface area contributed by atoms with E-state index >= 15 is 0 Å². The fraction of sp³-hybridized carbons (Fsp3) is 0.400. The molecule has 0 aromatic carbocycles. The van der Waals surface area contributed by atoms with Crippen LogP contribution in [0.25, 0.3) is 0 Å². The van der Waals surface area contributed by atoms with Gasteiger partial charge in [0.1, 0.15) is 0 Å². The average molecular weight is 97.1 g/mol. The highest BCUT2D eigenvalue weighted by Gasteiger charge is 2.00. The van der Waals surface area contributed by atoms with Gasteiger partial charge in [0.05, 0.1) is 18.9 Å². The lowest BCUT2D eigenvalue weighted by molar-refractivity contribution is -0.116. The number of hydrogen-bond donors (Lipinski definition) is 0. The van der Waals surface area contributed by atoms with E-state index in [1.54, 1.807) is 0 Å². The highest BCUT2D eigenvalue weighted by Crippen LogP contribution is 1.93. The zero-order chi connectivity index (χ0) is 5.11. The van der Waals surface area contributed by atoms with Crippen molar-refractivity contribution in [3.63, 3.8) is 0 Å². The summed E-state index contributed by atoms with van der Waals surface area (Å²) >= 11 is 0. The van der Waals surface area contributed by atoms with Crippen molar-refractivity contribution in [3.8, 4) is 0 Å². The van der Waals surface area contributed by atoms with Crippen LogP contribution in [0, 0.1) is 6.08 Å². The summed E-state index contributed by atoms with van der Waals surface area (Å²) in [5.74, 6) is 0.0336. The van der Waals surface area contributed by atoms with Gasteiger partial charge in [-0.3, -0.25) is 4.79 Å². The van der Waals surface area contributed by atoms with E-state index in [4.69, 9.17) is 0 Å². The Labute approximate surface area is 41.8 Å². The zero-order valence-electron chi connectivity index (χ0n) is 3.81. The second-order valence-corrected chi connectivity index (χ2v) is 1.31. The van der Waals surface area contributed by atoms with Gasteiger partial charge in [0.15, 0.2) is 5.78 Å². The second kappa shape index (κ2) is 1.78. The van der Waals surface area contributed by atoms with Gasteiger partial charge in [-0.25, -0.2) is 0 Å². The number of hydrogen-bond acceptors (Lipinski definition) is 2. The molecule has 0 saturated heterocycles. The van der Waals surface area contributed by atoms with Crippen LogP contribution >= 0.6 is 0 Å². The Hall–Kier alpha value is -0.790. The molecule has 0 bridgehead atoms. The highest BCUT2D eigenvalue weighted by molar-refractivity contribution is 5.85. The van der Waals surface area contributed by atoms with Gasteiger partial charge in [-0.1, -0.05) is 0 Å². The molecule has 1 heterocycles. The van der Waals surface area contributed by atoms with E-state index in [2.05, 4.69) is 10.8 Å². The van der Waals surface area contributed by atoms with Crippen molar-refractivity contribution in [1.82, 2.24) is 0 Å². The topological polar surface area (TPSA) is 26.3 Å². The number of rotatable bonds is 0. The minimum atomic E-state index is 0.0336. The number of ketones is 1. The Morgan fingerprint density at radius 3 is 3.00 bits per heavy atom. The Morgan fingerprint density at radius 1 is 1.86 bits per heavy atom. The minimum Gasteiger partial charge on any atom is -0.500 e. The molecule has 37 valence electrons. The molecule has 1 rings (SSSR count). The molecule has 2 heteroatoms. The van der Waals surface area contributed by atoms with Crippen molar-refractivity contribution in [2.24, 2.45) is 0 Å². The summed E-state index contributed by atoms with van der Waals surface area (Å²) in [4.78, 5) is 10.2. The van der Waals surface area contributed by atoms with E-state index in [0.29, 0.717) is 13.0 Å². The summed E-state index contributed by atoms with van der Waals surface area (Å²) in [5.41, 5.74) is 0. The first kappa shape index (κ1) is 4.37. The molecule has 1 radical (unpaired) electrons. The molecule has 0 fully saturated rings. The molecule has 7 heavy (non-hydrogen) atoms. The van der Waals surface area contributed by atoms with Crippen LogP contribution in [0.4, 0.5) is 0 Å². The second-order valence-electron chi connectivity index (χ2n) is 1.31. The molecule has 0 amide bonds. The maximum Gasteiger partial charge on any atom is 0.170 e. The van der Waals surface area contributed by atoms with Gasteiger partial charge in [-0.15, -0.1) is 0 Å². The van der Waals surface area contributed by atoms with E-state index in [1.807, 2.05) is 0 Å². The SMILES string of the molecule is O=C1[C]=COCC1. The summed E-state index contributed by atoms with van der Waals surface area (Å²) < 4.78 is 4.68. The fourth-order valence-corrected chi connectivity index (χ4v) is 0.390. The van der Waals surface area contributed by atoms with Gasteiger partial charge in [0.2, 0.25) is 0 Å². The van der Waals surface area contributed by atoms with E-state index < -0.39 is 0 Å². The van der Waals surface area contributed by atoms with Crippen molar-refractivity contribution in [2.75, 3.05) is 6.61 Å². The quantitative estimate of drug-likeness (QED) is 0.434. The van der Waals surface area contributed by atoms with Crippen molar-refractivity contribution in [2.45, 2.75) is 6.42 Å². The Morgan fingerprint density at radius 2 is 2.71 bits per heavy atom. The summed E-state index contributed by atoms with van der Waals surface area (Å²) in [7, 11) is 0. The largest absolute Gasteiger partial charge is 0.500 e. The summed E-state index contributed by atoms with van der Waals surface area (Å²) in [6.07, 6.45) is 4.19. The highest BCUT2D eigenvalue weighted by atomic mass is 16.5. The third-order valence-electron chi connectivity index (χ3n) is 0.750. The van der Waals surface area contributed by atoms with E-state index in [9.17, 15) is 4.79 Å². The van der Waals surface area contributed by atoms with Gasteiger partial charge in [0.25, 0.3) is 0 Å². The number of carbonyl (C=O) groups excluding carboxylic acids is 1. The Kier molecular flexibility index (Phi) is 1.11. The van der Waals surface area contributed by atoms with Crippen molar-refractivity contribution in [3.05, 3.63) is 12.3 Å². The average Bonchev–Trinajstić information content (AvgIpc) is 1.69. The van der Waals surface area contributed by atoms with Crippen LogP contribution in [-0.2, 0) is 9.53 Å². The number of carbonyl (C=O) groups is 1. The van der Waals surface area contributed by atoms with Crippen LogP contribution in [-0.4, -0.2) is 12.4 Å².